The second-order valence-electron chi connectivity index (χ2n) is 4.44. The van der Waals surface area contributed by atoms with Crippen LogP contribution >= 0.6 is 0 Å². The molecule has 3 heteroatoms. The van der Waals surface area contributed by atoms with Gasteiger partial charge in [0.05, 0.1) is 12.2 Å². The molecule has 17 heavy (non-hydrogen) atoms. The van der Waals surface area contributed by atoms with Gasteiger partial charge in [0, 0.05) is 12.2 Å². The number of benzene rings is 1. The van der Waals surface area contributed by atoms with Gasteiger partial charge in [0.1, 0.15) is 5.75 Å². The Morgan fingerprint density at radius 1 is 1.59 bits per heavy atom. The number of hydrogen-bond acceptors (Lipinski definition) is 3. The third-order valence-corrected chi connectivity index (χ3v) is 2.87. The van der Waals surface area contributed by atoms with Gasteiger partial charge in [-0.25, -0.2) is 0 Å². The summed E-state index contributed by atoms with van der Waals surface area (Å²) in [5.74, 6) is 0.909. The van der Waals surface area contributed by atoms with Gasteiger partial charge in [-0.15, -0.1) is 0 Å². The third kappa shape index (κ3) is 2.73. The second kappa shape index (κ2) is 5.13. The van der Waals surface area contributed by atoms with Crippen molar-refractivity contribution in [2.75, 3.05) is 18.4 Å². The molecule has 2 rings (SSSR count). The highest BCUT2D eigenvalue weighted by Gasteiger charge is 2.21. The van der Waals surface area contributed by atoms with Crippen molar-refractivity contribution < 1.29 is 4.74 Å². The summed E-state index contributed by atoms with van der Waals surface area (Å²) in [4.78, 5) is 0. The molecule has 1 aliphatic rings. The Balaban J connectivity index is 2.03. The van der Waals surface area contributed by atoms with Crippen molar-refractivity contribution >= 4 is 5.69 Å². The first-order valence-corrected chi connectivity index (χ1v) is 6.14. The summed E-state index contributed by atoms with van der Waals surface area (Å²) in [7, 11) is 0. The van der Waals surface area contributed by atoms with Gasteiger partial charge in [-0.05, 0) is 31.0 Å². The van der Waals surface area contributed by atoms with Gasteiger partial charge in [0.15, 0.2) is 6.10 Å². The van der Waals surface area contributed by atoms with Crippen LogP contribution in [0.4, 0.5) is 5.69 Å². The molecule has 1 aliphatic heterocycles. The molecule has 0 saturated carbocycles. The van der Waals surface area contributed by atoms with Gasteiger partial charge in [0.25, 0.3) is 0 Å². The number of anilines is 1. The molecule has 1 atom stereocenters. The molecule has 0 aliphatic carbocycles. The summed E-state index contributed by atoms with van der Waals surface area (Å²) in [6, 6.07) is 6.18. The molecular formula is C14H20N2O. The standard InChI is InChI=1S/C14H20N2O/c1-4-7-15-11(3)14-9-16-12-8-10(2)5-6-13(12)17-14/h5-6,8,14-16H,3-4,7,9H2,1-2H3. The molecular weight excluding hydrogens is 212 g/mol. The van der Waals surface area contributed by atoms with Crippen LogP contribution in [0.5, 0.6) is 5.75 Å². The number of aryl methyl sites for hydroxylation is 1. The average Bonchev–Trinajstić information content (AvgIpc) is 2.35. The molecule has 0 amide bonds. The molecule has 0 bridgehead atoms. The summed E-state index contributed by atoms with van der Waals surface area (Å²) in [5, 5.41) is 6.67. The monoisotopic (exact) mass is 232 g/mol. The molecule has 2 N–H and O–H groups in total. The molecule has 0 radical (unpaired) electrons. The Kier molecular flexibility index (Phi) is 3.57. The van der Waals surface area contributed by atoms with E-state index in [4.69, 9.17) is 4.74 Å². The van der Waals surface area contributed by atoms with Crippen LogP contribution in [0.2, 0.25) is 0 Å². The molecule has 0 fully saturated rings. The van der Waals surface area contributed by atoms with Crippen LogP contribution in [0.25, 0.3) is 0 Å². The van der Waals surface area contributed by atoms with Crippen LogP contribution in [0.1, 0.15) is 18.9 Å². The number of rotatable bonds is 4. The zero-order valence-corrected chi connectivity index (χ0v) is 10.5. The zero-order valence-electron chi connectivity index (χ0n) is 10.5. The van der Waals surface area contributed by atoms with E-state index in [1.165, 1.54) is 5.56 Å². The van der Waals surface area contributed by atoms with E-state index in [0.717, 1.165) is 36.6 Å². The first-order valence-electron chi connectivity index (χ1n) is 6.14. The maximum absolute atomic E-state index is 5.92. The maximum Gasteiger partial charge on any atom is 0.155 e. The van der Waals surface area contributed by atoms with Gasteiger partial charge < -0.3 is 15.4 Å². The van der Waals surface area contributed by atoms with E-state index in [-0.39, 0.29) is 6.10 Å². The molecule has 0 aromatic heterocycles. The lowest BCUT2D eigenvalue weighted by molar-refractivity contribution is 0.232. The van der Waals surface area contributed by atoms with E-state index in [0.29, 0.717) is 0 Å². The van der Waals surface area contributed by atoms with E-state index < -0.39 is 0 Å². The molecule has 3 nitrogen and oxygen atoms in total. The summed E-state index contributed by atoms with van der Waals surface area (Å²) in [5.41, 5.74) is 3.26. The average molecular weight is 232 g/mol. The van der Waals surface area contributed by atoms with Gasteiger partial charge in [-0.2, -0.15) is 0 Å². The van der Waals surface area contributed by atoms with Crippen molar-refractivity contribution in [3.05, 3.63) is 36.0 Å². The van der Waals surface area contributed by atoms with Crippen LogP contribution in [-0.4, -0.2) is 19.2 Å². The normalized spacial score (nSPS) is 17.6. The second-order valence-corrected chi connectivity index (χ2v) is 4.44. The smallest absolute Gasteiger partial charge is 0.155 e. The third-order valence-electron chi connectivity index (χ3n) is 2.87. The maximum atomic E-state index is 5.92. The minimum atomic E-state index is 0.0109. The van der Waals surface area contributed by atoms with Crippen LogP contribution in [0, 0.1) is 6.92 Å². The zero-order chi connectivity index (χ0) is 12.3. The Morgan fingerprint density at radius 3 is 3.18 bits per heavy atom. The molecule has 1 unspecified atom stereocenters. The molecule has 0 spiro atoms. The van der Waals surface area contributed by atoms with Crippen molar-refractivity contribution in [3.63, 3.8) is 0 Å². The fourth-order valence-electron chi connectivity index (χ4n) is 1.88. The van der Waals surface area contributed by atoms with E-state index in [9.17, 15) is 0 Å². The summed E-state index contributed by atoms with van der Waals surface area (Å²) in [6.45, 7) is 9.96. The Morgan fingerprint density at radius 2 is 2.41 bits per heavy atom. The number of nitrogens with one attached hydrogen (secondary N) is 2. The van der Waals surface area contributed by atoms with E-state index >= 15 is 0 Å². The summed E-state index contributed by atoms with van der Waals surface area (Å²) < 4.78 is 5.92. The van der Waals surface area contributed by atoms with Crippen molar-refractivity contribution in [2.24, 2.45) is 0 Å². The van der Waals surface area contributed by atoms with Crippen molar-refractivity contribution in [1.82, 2.24) is 5.32 Å². The Hall–Kier alpha value is -1.64. The lowest BCUT2D eigenvalue weighted by Gasteiger charge is -2.29. The molecule has 92 valence electrons. The molecule has 0 saturated heterocycles. The van der Waals surface area contributed by atoms with Crippen LogP contribution < -0.4 is 15.4 Å². The van der Waals surface area contributed by atoms with E-state index in [1.54, 1.807) is 0 Å². The highest BCUT2D eigenvalue weighted by molar-refractivity contribution is 5.59. The SMILES string of the molecule is C=C(NCCC)C1CNc2cc(C)ccc2O1. The molecule has 1 heterocycles. The lowest BCUT2D eigenvalue weighted by Crippen LogP contribution is -2.37. The van der Waals surface area contributed by atoms with Crippen molar-refractivity contribution in [3.8, 4) is 5.75 Å². The fourth-order valence-corrected chi connectivity index (χ4v) is 1.88. The van der Waals surface area contributed by atoms with Crippen molar-refractivity contribution in [2.45, 2.75) is 26.4 Å². The quantitative estimate of drug-likeness (QED) is 0.837. The molecule has 1 aromatic rings. The lowest BCUT2D eigenvalue weighted by atomic mass is 10.1. The summed E-state index contributed by atoms with van der Waals surface area (Å²) >= 11 is 0. The molecule has 1 aromatic carbocycles. The van der Waals surface area contributed by atoms with Crippen molar-refractivity contribution in [1.29, 1.82) is 0 Å². The minimum absolute atomic E-state index is 0.0109. The highest BCUT2D eigenvalue weighted by atomic mass is 16.5. The van der Waals surface area contributed by atoms with E-state index in [2.05, 4.69) is 43.2 Å². The highest BCUT2D eigenvalue weighted by Crippen LogP contribution is 2.30. The minimum Gasteiger partial charge on any atom is -0.480 e. The van der Waals surface area contributed by atoms with Crippen LogP contribution in [0.15, 0.2) is 30.5 Å². The number of ether oxygens (including phenoxy) is 1. The predicted molar refractivity (Wildman–Crippen MR) is 71.5 cm³/mol. The Bertz CT molecular complexity index is 415. The summed E-state index contributed by atoms with van der Waals surface area (Å²) in [6.07, 6.45) is 1.10. The fraction of sp³-hybridized carbons (Fsp3) is 0.429. The topological polar surface area (TPSA) is 33.3 Å². The number of hydrogen-bond donors (Lipinski definition) is 2. The van der Waals surface area contributed by atoms with E-state index in [1.807, 2.05) is 6.07 Å². The predicted octanol–water partition coefficient (Wildman–Crippen LogP) is 2.68. The Labute approximate surface area is 103 Å². The first kappa shape index (κ1) is 11.8. The van der Waals surface area contributed by atoms with Gasteiger partial charge in [-0.3, -0.25) is 0 Å². The van der Waals surface area contributed by atoms with Gasteiger partial charge in [-0.1, -0.05) is 19.6 Å². The first-order chi connectivity index (χ1) is 8.20. The van der Waals surface area contributed by atoms with Crippen LogP contribution in [0.3, 0.4) is 0 Å². The van der Waals surface area contributed by atoms with Gasteiger partial charge in [0.2, 0.25) is 0 Å². The van der Waals surface area contributed by atoms with Gasteiger partial charge >= 0.3 is 0 Å². The number of fused-ring (bicyclic) bond motifs is 1. The van der Waals surface area contributed by atoms with Crippen LogP contribution in [-0.2, 0) is 0 Å². The largest absolute Gasteiger partial charge is 0.480 e.